The molecule has 9 heteroatoms. The number of aryl methyl sites for hydroxylation is 2. The van der Waals surface area contributed by atoms with Gasteiger partial charge in [-0.1, -0.05) is 12.1 Å². The maximum atomic E-state index is 12.8. The van der Waals surface area contributed by atoms with Gasteiger partial charge in [0.25, 0.3) is 5.91 Å². The highest BCUT2D eigenvalue weighted by atomic mass is 32.1. The van der Waals surface area contributed by atoms with Gasteiger partial charge in [-0.05, 0) is 69.5 Å². The van der Waals surface area contributed by atoms with E-state index in [1.807, 2.05) is 32.0 Å². The van der Waals surface area contributed by atoms with Gasteiger partial charge in [-0.15, -0.1) is 11.3 Å². The summed E-state index contributed by atoms with van der Waals surface area (Å²) in [5.74, 6) is -0.532. The number of nitrogens with one attached hydrogen (secondary N) is 1. The first kappa shape index (κ1) is 25.0. The maximum absolute atomic E-state index is 12.8. The molecule has 0 bridgehead atoms. The van der Waals surface area contributed by atoms with Crippen LogP contribution in [0.2, 0.25) is 0 Å². The highest BCUT2D eigenvalue weighted by molar-refractivity contribution is 7.18. The Morgan fingerprint density at radius 2 is 1.68 bits per heavy atom. The lowest BCUT2D eigenvalue weighted by Gasteiger charge is -2.08. The molecule has 34 heavy (non-hydrogen) atoms. The molecule has 0 radical (unpaired) electrons. The summed E-state index contributed by atoms with van der Waals surface area (Å²) in [6.45, 7) is 9.39. The van der Waals surface area contributed by atoms with Crippen molar-refractivity contribution in [2.24, 2.45) is 0 Å². The zero-order valence-corrected chi connectivity index (χ0v) is 20.6. The number of amides is 1. The van der Waals surface area contributed by atoms with Crippen LogP contribution in [0.15, 0.2) is 34.7 Å². The molecule has 180 valence electrons. The lowest BCUT2D eigenvalue weighted by Crippen LogP contribution is -2.14. The largest absolute Gasteiger partial charge is 0.485 e. The fourth-order valence-corrected chi connectivity index (χ4v) is 4.28. The predicted molar refractivity (Wildman–Crippen MR) is 128 cm³/mol. The third-order valence-corrected chi connectivity index (χ3v) is 6.10. The molecular formula is C25H27NO7S. The summed E-state index contributed by atoms with van der Waals surface area (Å²) < 4.78 is 21.6. The van der Waals surface area contributed by atoms with E-state index >= 15 is 0 Å². The molecule has 0 saturated heterocycles. The molecule has 0 atom stereocenters. The first-order valence-corrected chi connectivity index (χ1v) is 11.6. The Balaban J connectivity index is 1.78. The minimum absolute atomic E-state index is 0.0399. The Labute approximate surface area is 201 Å². The molecular weight excluding hydrogens is 458 g/mol. The molecule has 0 spiro atoms. The van der Waals surface area contributed by atoms with Crippen LogP contribution in [0.1, 0.15) is 66.9 Å². The van der Waals surface area contributed by atoms with Gasteiger partial charge in [0.05, 0.1) is 18.8 Å². The molecule has 1 N–H and O–H groups in total. The molecule has 2 heterocycles. The number of thiophene rings is 1. The molecule has 8 nitrogen and oxygen atoms in total. The quantitative estimate of drug-likeness (QED) is 0.402. The number of anilines is 1. The van der Waals surface area contributed by atoms with Crippen LogP contribution in [0.5, 0.6) is 5.75 Å². The van der Waals surface area contributed by atoms with E-state index in [4.69, 9.17) is 18.6 Å². The van der Waals surface area contributed by atoms with Crippen LogP contribution in [-0.2, 0) is 16.1 Å². The molecule has 3 rings (SSSR count). The second kappa shape index (κ2) is 11.0. The third-order valence-electron chi connectivity index (χ3n) is 4.91. The number of ether oxygens (including phenoxy) is 3. The molecule has 0 aliphatic rings. The second-order valence-electron chi connectivity index (χ2n) is 7.48. The summed E-state index contributed by atoms with van der Waals surface area (Å²) in [7, 11) is 0. The molecule has 0 aliphatic carbocycles. The first-order valence-electron chi connectivity index (χ1n) is 10.8. The highest BCUT2D eigenvalue weighted by Crippen LogP contribution is 2.35. The Kier molecular flexibility index (Phi) is 8.12. The van der Waals surface area contributed by atoms with E-state index in [9.17, 15) is 14.4 Å². The van der Waals surface area contributed by atoms with Gasteiger partial charge in [-0.25, -0.2) is 9.59 Å². The zero-order chi connectivity index (χ0) is 24.8. The number of esters is 2. The van der Waals surface area contributed by atoms with Gasteiger partial charge >= 0.3 is 11.9 Å². The zero-order valence-electron chi connectivity index (χ0n) is 19.8. The Morgan fingerprint density at radius 1 is 0.971 bits per heavy atom. The van der Waals surface area contributed by atoms with E-state index in [0.717, 1.165) is 28.2 Å². The second-order valence-corrected chi connectivity index (χ2v) is 8.50. The van der Waals surface area contributed by atoms with Gasteiger partial charge in [0, 0.05) is 0 Å². The van der Waals surface area contributed by atoms with Crippen LogP contribution < -0.4 is 10.1 Å². The van der Waals surface area contributed by atoms with Gasteiger partial charge in [0.2, 0.25) is 0 Å². The summed E-state index contributed by atoms with van der Waals surface area (Å²) in [5, 5.41) is 2.85. The molecule has 0 aliphatic heterocycles. The molecule has 0 fully saturated rings. The lowest BCUT2D eigenvalue weighted by molar-refractivity contribution is 0.0527. The Hall–Kier alpha value is -3.59. The van der Waals surface area contributed by atoms with E-state index in [0.29, 0.717) is 11.3 Å². The molecule has 1 amide bonds. The van der Waals surface area contributed by atoms with Gasteiger partial charge in [-0.3, -0.25) is 4.79 Å². The van der Waals surface area contributed by atoms with Crippen LogP contribution in [0.25, 0.3) is 0 Å². The average Bonchev–Trinajstić information content (AvgIpc) is 3.39. The fourth-order valence-electron chi connectivity index (χ4n) is 3.20. The Bertz CT molecular complexity index is 1210. The number of rotatable bonds is 9. The lowest BCUT2D eigenvalue weighted by atomic mass is 10.1. The van der Waals surface area contributed by atoms with Crippen LogP contribution in [0, 0.1) is 20.8 Å². The first-order chi connectivity index (χ1) is 16.2. The van der Waals surface area contributed by atoms with E-state index in [-0.39, 0.29) is 41.0 Å². The van der Waals surface area contributed by atoms with Gasteiger partial charge < -0.3 is 23.9 Å². The normalized spacial score (nSPS) is 10.6. The number of carbonyl (C=O) groups excluding carboxylic acids is 3. The topological polar surface area (TPSA) is 104 Å². The molecule has 2 aromatic heterocycles. The SMILES string of the molecule is CCOC(=O)c1sc(NC(=O)c2ccc(COc3cc(C)ccc3C)o2)c(C(=O)OCC)c1C. The van der Waals surface area contributed by atoms with Crippen molar-refractivity contribution < 1.29 is 33.0 Å². The van der Waals surface area contributed by atoms with Crippen LogP contribution in [0.3, 0.4) is 0 Å². The van der Waals surface area contributed by atoms with Crippen LogP contribution >= 0.6 is 11.3 Å². The summed E-state index contributed by atoms with van der Waals surface area (Å²) >= 11 is 0.955. The van der Waals surface area contributed by atoms with Gasteiger partial charge in [0.1, 0.15) is 28.0 Å². The summed E-state index contributed by atoms with van der Waals surface area (Å²) in [6, 6.07) is 9.08. The number of carbonyl (C=O) groups is 3. The fraction of sp³-hybridized carbons (Fsp3) is 0.320. The van der Waals surface area contributed by atoms with Crippen molar-refractivity contribution in [3.8, 4) is 5.75 Å². The summed E-state index contributed by atoms with van der Waals surface area (Å²) in [6.07, 6.45) is 0. The van der Waals surface area contributed by atoms with Gasteiger partial charge in [0.15, 0.2) is 5.76 Å². The van der Waals surface area contributed by atoms with Crippen LogP contribution in [-0.4, -0.2) is 31.1 Å². The van der Waals surface area contributed by atoms with Crippen molar-refractivity contribution in [3.63, 3.8) is 0 Å². The maximum Gasteiger partial charge on any atom is 0.348 e. The van der Waals surface area contributed by atoms with Crippen molar-refractivity contribution in [2.45, 2.75) is 41.2 Å². The van der Waals surface area contributed by atoms with Crippen molar-refractivity contribution >= 4 is 34.2 Å². The van der Waals surface area contributed by atoms with Gasteiger partial charge in [-0.2, -0.15) is 0 Å². The number of furan rings is 1. The van der Waals surface area contributed by atoms with Crippen molar-refractivity contribution in [1.29, 1.82) is 0 Å². The molecule has 3 aromatic rings. The monoisotopic (exact) mass is 485 g/mol. The predicted octanol–water partition coefficient (Wildman–Crippen LogP) is 5.45. The van der Waals surface area contributed by atoms with Crippen molar-refractivity contribution in [1.82, 2.24) is 0 Å². The van der Waals surface area contributed by atoms with Crippen molar-refractivity contribution in [2.75, 3.05) is 18.5 Å². The van der Waals surface area contributed by atoms with Crippen LogP contribution in [0.4, 0.5) is 5.00 Å². The average molecular weight is 486 g/mol. The smallest absolute Gasteiger partial charge is 0.348 e. The number of benzene rings is 1. The molecule has 0 saturated carbocycles. The summed E-state index contributed by atoms with van der Waals surface area (Å²) in [4.78, 5) is 37.9. The van der Waals surface area contributed by atoms with E-state index in [1.165, 1.54) is 6.07 Å². The number of hydrogen-bond acceptors (Lipinski definition) is 8. The minimum Gasteiger partial charge on any atom is -0.485 e. The standard InChI is InChI=1S/C25H27NO7S/c1-6-30-24(28)20-16(5)21(25(29)31-7-2)34-23(20)26-22(27)18-11-10-17(33-18)13-32-19-12-14(3)8-9-15(19)4/h8-12H,6-7,13H2,1-5H3,(H,26,27). The minimum atomic E-state index is -0.635. The van der Waals surface area contributed by atoms with E-state index in [2.05, 4.69) is 5.32 Å². The Morgan fingerprint density at radius 3 is 2.38 bits per heavy atom. The van der Waals surface area contributed by atoms with Crippen molar-refractivity contribution in [3.05, 3.63) is 69.0 Å². The highest BCUT2D eigenvalue weighted by Gasteiger charge is 2.28. The number of hydrogen-bond donors (Lipinski definition) is 1. The molecule has 0 unspecified atom stereocenters. The van der Waals surface area contributed by atoms with E-state index < -0.39 is 17.8 Å². The summed E-state index contributed by atoms with van der Waals surface area (Å²) in [5.41, 5.74) is 2.57. The third kappa shape index (κ3) is 5.66. The molecule has 1 aromatic carbocycles. The van der Waals surface area contributed by atoms with E-state index in [1.54, 1.807) is 26.8 Å².